The molecule has 1 saturated heterocycles. The highest BCUT2D eigenvalue weighted by atomic mass is 19.1. The van der Waals surface area contributed by atoms with Gasteiger partial charge in [-0.1, -0.05) is 24.3 Å². The van der Waals surface area contributed by atoms with Gasteiger partial charge in [0.15, 0.2) is 5.82 Å². The number of halogens is 1. The first-order valence-corrected chi connectivity index (χ1v) is 10.8. The van der Waals surface area contributed by atoms with Gasteiger partial charge in [0, 0.05) is 43.0 Å². The molecule has 1 unspecified atom stereocenters. The molecule has 7 heteroatoms. The first-order chi connectivity index (χ1) is 15.8. The molecule has 4 aromatic rings. The third kappa shape index (κ3) is 4.44. The third-order valence-corrected chi connectivity index (χ3v) is 5.73. The van der Waals surface area contributed by atoms with Crippen molar-refractivity contribution in [1.29, 1.82) is 0 Å². The van der Waals surface area contributed by atoms with Crippen molar-refractivity contribution in [1.82, 2.24) is 19.9 Å². The van der Waals surface area contributed by atoms with Crippen LogP contribution in [-0.4, -0.2) is 52.7 Å². The van der Waals surface area contributed by atoms with Crippen LogP contribution in [0.4, 0.5) is 10.2 Å². The SMILES string of the molecule is Fc1ccc(C(CNc2nc(-c3cccnc3)nc3ccccc23)N2CCOCC2)cc1. The zero-order chi connectivity index (χ0) is 21.8. The molecule has 0 spiro atoms. The molecule has 0 bridgehead atoms. The number of anilines is 1. The van der Waals surface area contributed by atoms with Gasteiger partial charge in [-0.05, 0) is 42.0 Å². The molecule has 6 nitrogen and oxygen atoms in total. The van der Waals surface area contributed by atoms with Crippen molar-refractivity contribution < 1.29 is 9.13 Å². The number of morpholine rings is 1. The average molecular weight is 429 g/mol. The van der Waals surface area contributed by atoms with E-state index in [4.69, 9.17) is 14.7 Å². The van der Waals surface area contributed by atoms with Crippen LogP contribution in [0.1, 0.15) is 11.6 Å². The highest BCUT2D eigenvalue weighted by molar-refractivity contribution is 5.90. The molecular weight excluding hydrogens is 405 g/mol. The van der Waals surface area contributed by atoms with E-state index in [9.17, 15) is 4.39 Å². The van der Waals surface area contributed by atoms with E-state index in [-0.39, 0.29) is 11.9 Å². The van der Waals surface area contributed by atoms with Crippen LogP contribution in [0.15, 0.2) is 73.1 Å². The Morgan fingerprint density at radius 2 is 1.78 bits per heavy atom. The Labute approximate surface area is 186 Å². The topological polar surface area (TPSA) is 63.2 Å². The molecule has 2 aromatic heterocycles. The van der Waals surface area contributed by atoms with Gasteiger partial charge in [-0.15, -0.1) is 0 Å². The van der Waals surface area contributed by atoms with Gasteiger partial charge in [-0.25, -0.2) is 14.4 Å². The summed E-state index contributed by atoms with van der Waals surface area (Å²) >= 11 is 0. The van der Waals surface area contributed by atoms with E-state index < -0.39 is 0 Å². The van der Waals surface area contributed by atoms with Crippen molar-refractivity contribution in [3.63, 3.8) is 0 Å². The number of hydrogen-bond donors (Lipinski definition) is 1. The van der Waals surface area contributed by atoms with E-state index in [0.29, 0.717) is 25.6 Å². The largest absolute Gasteiger partial charge is 0.379 e. The summed E-state index contributed by atoms with van der Waals surface area (Å²) in [5.41, 5.74) is 2.80. The number of aromatic nitrogens is 3. The van der Waals surface area contributed by atoms with Crippen LogP contribution < -0.4 is 5.32 Å². The second kappa shape index (κ2) is 9.38. The average Bonchev–Trinajstić information content (AvgIpc) is 2.86. The molecule has 162 valence electrons. The fourth-order valence-electron chi connectivity index (χ4n) is 4.06. The molecule has 1 aliphatic rings. The molecule has 0 saturated carbocycles. The van der Waals surface area contributed by atoms with Gasteiger partial charge in [0.2, 0.25) is 0 Å². The summed E-state index contributed by atoms with van der Waals surface area (Å²) in [7, 11) is 0. The van der Waals surface area contributed by atoms with Crippen molar-refractivity contribution in [2.24, 2.45) is 0 Å². The molecule has 5 rings (SSSR count). The van der Waals surface area contributed by atoms with Crippen molar-refractivity contribution in [3.8, 4) is 11.4 Å². The summed E-state index contributed by atoms with van der Waals surface area (Å²) in [5, 5.41) is 4.52. The molecule has 1 aliphatic heterocycles. The van der Waals surface area contributed by atoms with Crippen LogP contribution in [0.5, 0.6) is 0 Å². The van der Waals surface area contributed by atoms with E-state index >= 15 is 0 Å². The van der Waals surface area contributed by atoms with Crippen LogP contribution in [0.2, 0.25) is 0 Å². The summed E-state index contributed by atoms with van der Waals surface area (Å²) in [6, 6.07) is 18.6. The molecule has 1 N–H and O–H groups in total. The molecule has 1 atom stereocenters. The highest BCUT2D eigenvalue weighted by Crippen LogP contribution is 2.27. The van der Waals surface area contributed by atoms with Crippen molar-refractivity contribution >= 4 is 16.7 Å². The van der Waals surface area contributed by atoms with Gasteiger partial charge in [0.25, 0.3) is 0 Å². The standard InChI is InChI=1S/C25H24FN5O/c26-20-9-7-18(8-10-20)23(31-12-14-32-15-13-31)17-28-25-21-5-1-2-6-22(21)29-24(30-25)19-4-3-11-27-16-19/h1-11,16,23H,12-15,17H2,(H,28,29,30). The Kier molecular flexibility index (Phi) is 6.00. The molecule has 1 fully saturated rings. The zero-order valence-corrected chi connectivity index (χ0v) is 17.6. The van der Waals surface area contributed by atoms with Gasteiger partial charge in [-0.2, -0.15) is 0 Å². The van der Waals surface area contributed by atoms with E-state index in [0.717, 1.165) is 40.9 Å². The summed E-state index contributed by atoms with van der Waals surface area (Å²) in [6.07, 6.45) is 3.50. The van der Waals surface area contributed by atoms with Crippen LogP contribution >= 0.6 is 0 Å². The Hall–Kier alpha value is -3.42. The number of nitrogens with zero attached hydrogens (tertiary/aromatic N) is 4. The highest BCUT2D eigenvalue weighted by Gasteiger charge is 2.23. The number of fused-ring (bicyclic) bond motifs is 1. The van der Waals surface area contributed by atoms with E-state index in [1.807, 2.05) is 48.5 Å². The Morgan fingerprint density at radius 1 is 0.969 bits per heavy atom. The zero-order valence-electron chi connectivity index (χ0n) is 17.6. The minimum absolute atomic E-state index is 0.0649. The van der Waals surface area contributed by atoms with Gasteiger partial charge < -0.3 is 10.1 Å². The summed E-state index contributed by atoms with van der Waals surface area (Å²) in [6.45, 7) is 3.67. The monoisotopic (exact) mass is 429 g/mol. The van der Waals surface area contributed by atoms with Gasteiger partial charge >= 0.3 is 0 Å². The molecule has 0 radical (unpaired) electrons. The van der Waals surface area contributed by atoms with E-state index in [2.05, 4.69) is 15.2 Å². The van der Waals surface area contributed by atoms with E-state index in [1.165, 1.54) is 12.1 Å². The normalized spacial score (nSPS) is 15.5. The number of rotatable bonds is 6. The maximum atomic E-state index is 13.6. The predicted molar refractivity (Wildman–Crippen MR) is 123 cm³/mol. The summed E-state index contributed by atoms with van der Waals surface area (Å²) < 4.78 is 19.1. The van der Waals surface area contributed by atoms with Crippen molar-refractivity contribution in [3.05, 3.63) is 84.4 Å². The fourth-order valence-corrected chi connectivity index (χ4v) is 4.06. The number of hydrogen-bond acceptors (Lipinski definition) is 6. The number of para-hydroxylation sites is 1. The Morgan fingerprint density at radius 3 is 2.56 bits per heavy atom. The number of ether oxygens (including phenoxy) is 1. The molecular formula is C25H24FN5O. The number of benzene rings is 2. The second-order valence-electron chi connectivity index (χ2n) is 7.75. The van der Waals surface area contributed by atoms with Gasteiger partial charge in [0.1, 0.15) is 11.6 Å². The predicted octanol–water partition coefficient (Wildman–Crippen LogP) is 4.32. The minimum atomic E-state index is -0.231. The third-order valence-electron chi connectivity index (χ3n) is 5.73. The lowest BCUT2D eigenvalue weighted by atomic mass is 10.0. The van der Waals surface area contributed by atoms with Crippen LogP contribution in [-0.2, 0) is 4.74 Å². The Balaban J connectivity index is 1.48. The lowest BCUT2D eigenvalue weighted by Crippen LogP contribution is -2.41. The van der Waals surface area contributed by atoms with Crippen LogP contribution in [0.3, 0.4) is 0 Å². The summed E-state index contributed by atoms with van der Waals surface area (Å²) in [4.78, 5) is 16.1. The van der Waals surface area contributed by atoms with Crippen LogP contribution in [0.25, 0.3) is 22.3 Å². The lowest BCUT2D eigenvalue weighted by Gasteiger charge is -2.35. The van der Waals surface area contributed by atoms with Gasteiger partial charge in [-0.3, -0.25) is 9.88 Å². The first kappa shape index (κ1) is 20.5. The van der Waals surface area contributed by atoms with Gasteiger partial charge in [0.05, 0.1) is 24.8 Å². The molecule has 3 heterocycles. The maximum absolute atomic E-state index is 13.6. The van der Waals surface area contributed by atoms with Crippen LogP contribution in [0, 0.1) is 5.82 Å². The maximum Gasteiger partial charge on any atom is 0.163 e. The molecule has 0 amide bonds. The Bertz CT molecular complexity index is 1180. The molecule has 2 aromatic carbocycles. The van der Waals surface area contributed by atoms with Crippen molar-refractivity contribution in [2.75, 3.05) is 38.2 Å². The molecule has 0 aliphatic carbocycles. The number of pyridine rings is 1. The second-order valence-corrected chi connectivity index (χ2v) is 7.75. The van der Waals surface area contributed by atoms with E-state index in [1.54, 1.807) is 12.4 Å². The molecule has 32 heavy (non-hydrogen) atoms. The number of nitrogens with one attached hydrogen (secondary N) is 1. The fraction of sp³-hybridized carbons (Fsp3) is 0.240. The summed E-state index contributed by atoms with van der Waals surface area (Å²) in [5.74, 6) is 1.17. The van der Waals surface area contributed by atoms with Crippen molar-refractivity contribution in [2.45, 2.75) is 6.04 Å². The quantitative estimate of drug-likeness (QED) is 0.493. The first-order valence-electron chi connectivity index (χ1n) is 10.8. The lowest BCUT2D eigenvalue weighted by molar-refractivity contribution is 0.0187. The smallest absolute Gasteiger partial charge is 0.163 e. The minimum Gasteiger partial charge on any atom is -0.379 e.